The van der Waals surface area contributed by atoms with Crippen LogP contribution in [0.15, 0.2) is 0 Å². The summed E-state index contributed by atoms with van der Waals surface area (Å²) in [6.07, 6.45) is 8.89. The quantitative estimate of drug-likeness (QED) is 0.705. The molecule has 1 fully saturated rings. The van der Waals surface area contributed by atoms with E-state index in [-0.39, 0.29) is 0 Å². The Labute approximate surface area is 126 Å². The van der Waals surface area contributed by atoms with E-state index in [1.807, 2.05) is 0 Å². The summed E-state index contributed by atoms with van der Waals surface area (Å²) in [5.74, 6) is 0.879. The van der Waals surface area contributed by atoms with Gasteiger partial charge in [0.15, 0.2) is 0 Å². The van der Waals surface area contributed by atoms with Gasteiger partial charge in [0.1, 0.15) is 0 Å². The Balaban J connectivity index is 2.74. The second-order valence-corrected chi connectivity index (χ2v) is 6.40. The molecule has 0 aromatic heterocycles. The van der Waals surface area contributed by atoms with Gasteiger partial charge in [-0.1, -0.05) is 33.6 Å². The maximum Gasteiger partial charge on any atom is 0.0589 e. The molecule has 3 atom stereocenters. The highest BCUT2D eigenvalue weighted by Crippen LogP contribution is 2.31. The van der Waals surface area contributed by atoms with E-state index in [1.54, 1.807) is 7.11 Å². The topological polar surface area (TPSA) is 38.5 Å². The third-order valence-electron chi connectivity index (χ3n) is 5.07. The van der Waals surface area contributed by atoms with Crippen LogP contribution in [0.2, 0.25) is 0 Å². The van der Waals surface area contributed by atoms with Gasteiger partial charge in [0, 0.05) is 31.8 Å². The molecule has 3 unspecified atom stereocenters. The van der Waals surface area contributed by atoms with E-state index in [2.05, 4.69) is 25.7 Å². The van der Waals surface area contributed by atoms with Crippen molar-refractivity contribution in [2.45, 2.75) is 83.8 Å². The zero-order chi connectivity index (χ0) is 15.0. The number of hydrogen-bond donors (Lipinski definition) is 1. The number of nitrogens with zero attached hydrogens (tertiary/aromatic N) is 1. The molecule has 1 aliphatic carbocycles. The van der Waals surface area contributed by atoms with Crippen molar-refractivity contribution < 1.29 is 4.74 Å². The number of methoxy groups -OCH3 is 1. The minimum absolute atomic E-state index is 0.348. The number of rotatable bonds is 9. The summed E-state index contributed by atoms with van der Waals surface area (Å²) in [7, 11) is 1.80. The van der Waals surface area contributed by atoms with E-state index in [4.69, 9.17) is 10.5 Å². The second-order valence-electron chi connectivity index (χ2n) is 6.40. The van der Waals surface area contributed by atoms with Crippen LogP contribution in [-0.2, 0) is 4.74 Å². The Kier molecular flexibility index (Phi) is 8.74. The average Bonchev–Trinajstić information content (AvgIpc) is 2.46. The van der Waals surface area contributed by atoms with Gasteiger partial charge >= 0.3 is 0 Å². The van der Waals surface area contributed by atoms with Crippen LogP contribution in [0, 0.1) is 5.92 Å². The van der Waals surface area contributed by atoms with Crippen LogP contribution < -0.4 is 5.73 Å². The van der Waals surface area contributed by atoms with E-state index in [0.717, 1.165) is 19.1 Å². The zero-order valence-electron chi connectivity index (χ0n) is 14.1. The van der Waals surface area contributed by atoms with Crippen molar-refractivity contribution in [3.05, 3.63) is 0 Å². The van der Waals surface area contributed by atoms with Crippen molar-refractivity contribution in [2.24, 2.45) is 11.7 Å². The Morgan fingerprint density at radius 1 is 1.20 bits per heavy atom. The van der Waals surface area contributed by atoms with Crippen molar-refractivity contribution in [2.75, 3.05) is 20.3 Å². The summed E-state index contributed by atoms with van der Waals surface area (Å²) in [6.45, 7) is 8.74. The largest absolute Gasteiger partial charge is 0.383 e. The predicted molar refractivity (Wildman–Crippen MR) is 87.0 cm³/mol. The van der Waals surface area contributed by atoms with Crippen molar-refractivity contribution in [3.63, 3.8) is 0 Å². The third kappa shape index (κ3) is 5.01. The Hall–Kier alpha value is -0.120. The van der Waals surface area contributed by atoms with Gasteiger partial charge in [-0.15, -0.1) is 0 Å². The molecular formula is C17H36N2O. The first-order chi connectivity index (χ1) is 9.67. The number of ether oxygens (including phenoxy) is 1. The van der Waals surface area contributed by atoms with E-state index >= 15 is 0 Å². The lowest BCUT2D eigenvalue weighted by Gasteiger charge is -2.44. The highest BCUT2D eigenvalue weighted by atomic mass is 16.5. The van der Waals surface area contributed by atoms with E-state index in [0.29, 0.717) is 18.1 Å². The molecule has 0 aromatic carbocycles. The molecule has 1 saturated carbocycles. The van der Waals surface area contributed by atoms with Crippen LogP contribution in [0.4, 0.5) is 0 Å². The molecule has 2 N–H and O–H groups in total. The van der Waals surface area contributed by atoms with Crippen molar-refractivity contribution in [3.8, 4) is 0 Å². The summed E-state index contributed by atoms with van der Waals surface area (Å²) in [5.41, 5.74) is 6.47. The smallest absolute Gasteiger partial charge is 0.0589 e. The highest BCUT2D eigenvalue weighted by molar-refractivity contribution is 4.91. The van der Waals surface area contributed by atoms with Crippen molar-refractivity contribution >= 4 is 0 Å². The molecule has 0 aromatic rings. The monoisotopic (exact) mass is 284 g/mol. The van der Waals surface area contributed by atoms with Crippen LogP contribution in [0.3, 0.4) is 0 Å². The molecule has 0 heterocycles. The molecule has 0 radical (unpaired) electrons. The SMILES string of the molecule is CCCC1CCC(N)C(N(CCOC)C(CC)CC)C1. The first kappa shape index (κ1) is 17.9. The molecular weight excluding hydrogens is 248 g/mol. The van der Waals surface area contributed by atoms with Gasteiger partial charge in [0.2, 0.25) is 0 Å². The zero-order valence-corrected chi connectivity index (χ0v) is 14.1. The normalized spacial score (nSPS) is 27.4. The van der Waals surface area contributed by atoms with Crippen LogP contribution >= 0.6 is 0 Å². The minimum atomic E-state index is 0.348. The predicted octanol–water partition coefficient (Wildman–Crippen LogP) is 3.42. The molecule has 3 nitrogen and oxygen atoms in total. The van der Waals surface area contributed by atoms with E-state index < -0.39 is 0 Å². The van der Waals surface area contributed by atoms with Gasteiger partial charge in [-0.2, -0.15) is 0 Å². The number of nitrogens with two attached hydrogens (primary N) is 1. The maximum absolute atomic E-state index is 6.47. The average molecular weight is 284 g/mol. The van der Waals surface area contributed by atoms with Gasteiger partial charge in [0.05, 0.1) is 6.61 Å². The fraction of sp³-hybridized carbons (Fsp3) is 1.00. The van der Waals surface area contributed by atoms with Crippen molar-refractivity contribution in [1.29, 1.82) is 0 Å². The fourth-order valence-corrected chi connectivity index (χ4v) is 3.88. The molecule has 1 aliphatic rings. The number of hydrogen-bond acceptors (Lipinski definition) is 3. The van der Waals surface area contributed by atoms with Gasteiger partial charge in [-0.25, -0.2) is 0 Å². The summed E-state index contributed by atoms with van der Waals surface area (Å²) in [6, 6.07) is 1.56. The lowest BCUT2D eigenvalue weighted by molar-refractivity contribution is 0.0403. The molecule has 20 heavy (non-hydrogen) atoms. The molecule has 120 valence electrons. The summed E-state index contributed by atoms with van der Waals surface area (Å²) >= 11 is 0. The van der Waals surface area contributed by atoms with Crippen molar-refractivity contribution in [1.82, 2.24) is 4.90 Å². The first-order valence-corrected chi connectivity index (χ1v) is 8.68. The molecule has 0 saturated heterocycles. The first-order valence-electron chi connectivity index (χ1n) is 8.68. The standard InChI is InChI=1S/C17H36N2O/c1-5-8-14-9-10-16(18)17(13-14)19(11-12-20-4)15(6-2)7-3/h14-17H,5-13,18H2,1-4H3. The summed E-state index contributed by atoms with van der Waals surface area (Å²) in [4.78, 5) is 2.66. The Morgan fingerprint density at radius 3 is 2.45 bits per heavy atom. The highest BCUT2D eigenvalue weighted by Gasteiger charge is 2.34. The third-order valence-corrected chi connectivity index (χ3v) is 5.07. The van der Waals surface area contributed by atoms with E-state index in [1.165, 1.54) is 44.9 Å². The maximum atomic E-state index is 6.47. The van der Waals surface area contributed by atoms with Gasteiger partial charge in [-0.3, -0.25) is 4.90 Å². The molecule has 1 rings (SSSR count). The summed E-state index contributed by atoms with van der Waals surface area (Å²) in [5, 5.41) is 0. The molecule has 0 spiro atoms. The Morgan fingerprint density at radius 2 is 1.90 bits per heavy atom. The van der Waals surface area contributed by atoms with Crippen LogP contribution in [0.5, 0.6) is 0 Å². The van der Waals surface area contributed by atoms with Gasteiger partial charge in [-0.05, 0) is 38.0 Å². The second kappa shape index (κ2) is 9.75. The summed E-state index contributed by atoms with van der Waals surface area (Å²) < 4.78 is 5.33. The van der Waals surface area contributed by atoms with Gasteiger partial charge < -0.3 is 10.5 Å². The molecule has 0 bridgehead atoms. The van der Waals surface area contributed by atoms with Gasteiger partial charge in [0.25, 0.3) is 0 Å². The molecule has 0 amide bonds. The fourth-order valence-electron chi connectivity index (χ4n) is 3.88. The lowest BCUT2D eigenvalue weighted by Crippen LogP contribution is -2.55. The van der Waals surface area contributed by atoms with Crippen LogP contribution in [0.1, 0.15) is 65.7 Å². The van der Waals surface area contributed by atoms with Crippen LogP contribution in [-0.4, -0.2) is 43.3 Å². The lowest BCUT2D eigenvalue weighted by atomic mass is 9.79. The minimum Gasteiger partial charge on any atom is -0.383 e. The molecule has 3 heteroatoms. The van der Waals surface area contributed by atoms with Crippen LogP contribution in [0.25, 0.3) is 0 Å². The molecule has 0 aliphatic heterocycles. The van der Waals surface area contributed by atoms with E-state index in [9.17, 15) is 0 Å². The Bertz CT molecular complexity index is 243.